The average Bonchev–Trinajstić information content (AvgIpc) is 2.68. The lowest BCUT2D eigenvalue weighted by molar-refractivity contribution is 0.0954. The van der Waals surface area contributed by atoms with Gasteiger partial charge >= 0.3 is 0 Å². The van der Waals surface area contributed by atoms with Crippen LogP contribution in [0.2, 0.25) is 0 Å². The van der Waals surface area contributed by atoms with E-state index in [4.69, 9.17) is 4.74 Å². The van der Waals surface area contributed by atoms with Crippen molar-refractivity contribution in [3.8, 4) is 5.75 Å². The van der Waals surface area contributed by atoms with E-state index in [2.05, 4.69) is 31.4 Å². The van der Waals surface area contributed by atoms with Gasteiger partial charge in [-0.2, -0.15) is 5.10 Å². The molecule has 0 atom stereocenters. The Kier molecular flexibility index (Phi) is 6.11. The van der Waals surface area contributed by atoms with E-state index >= 15 is 0 Å². The summed E-state index contributed by atoms with van der Waals surface area (Å²) in [5, 5.41) is 4.01. The van der Waals surface area contributed by atoms with Crippen LogP contribution in [0.1, 0.15) is 21.5 Å². The molecule has 0 aliphatic carbocycles. The van der Waals surface area contributed by atoms with Crippen LogP contribution < -0.4 is 10.2 Å². The molecule has 0 saturated heterocycles. The first-order chi connectivity index (χ1) is 12.7. The van der Waals surface area contributed by atoms with Gasteiger partial charge in [-0.1, -0.05) is 40.2 Å². The van der Waals surface area contributed by atoms with Crippen LogP contribution in [0.3, 0.4) is 0 Å². The highest BCUT2D eigenvalue weighted by Crippen LogP contribution is 2.19. The molecule has 0 spiro atoms. The smallest absolute Gasteiger partial charge is 0.272 e. The molecule has 0 fully saturated rings. The monoisotopic (exact) mass is 409 g/mol. The summed E-state index contributed by atoms with van der Waals surface area (Å²) >= 11 is 3.45. The van der Waals surface area contributed by atoms with Crippen molar-refractivity contribution in [3.05, 3.63) is 94.2 Å². The van der Waals surface area contributed by atoms with Gasteiger partial charge in [0.05, 0.1) is 11.8 Å². The Morgan fingerprint density at radius 1 is 1.15 bits per heavy atom. The number of nitrogens with zero attached hydrogens (tertiary/aromatic N) is 2. The first-order valence-corrected chi connectivity index (χ1v) is 8.71. The van der Waals surface area contributed by atoms with E-state index in [1.165, 1.54) is 6.20 Å². The molecule has 26 heavy (non-hydrogen) atoms. The Labute approximate surface area is 159 Å². The second-order valence-corrected chi connectivity index (χ2v) is 6.31. The second-order valence-electron chi connectivity index (χ2n) is 5.40. The summed E-state index contributed by atoms with van der Waals surface area (Å²) < 4.78 is 6.89. The van der Waals surface area contributed by atoms with Gasteiger partial charge in [-0.15, -0.1) is 0 Å². The van der Waals surface area contributed by atoms with E-state index in [-0.39, 0.29) is 5.91 Å². The summed E-state index contributed by atoms with van der Waals surface area (Å²) in [6.07, 6.45) is 4.66. The SMILES string of the molecule is O=C(N/N=C/c1ccccc1OCc1cccc(Br)c1)c1cccnc1. The van der Waals surface area contributed by atoms with E-state index in [9.17, 15) is 4.79 Å². The molecule has 3 rings (SSSR count). The van der Waals surface area contributed by atoms with Crippen molar-refractivity contribution in [2.24, 2.45) is 5.10 Å². The van der Waals surface area contributed by atoms with Crippen LogP contribution in [0, 0.1) is 0 Å². The van der Waals surface area contributed by atoms with E-state index in [0.29, 0.717) is 17.9 Å². The zero-order valence-corrected chi connectivity index (χ0v) is 15.4. The number of amides is 1. The van der Waals surface area contributed by atoms with Crippen molar-refractivity contribution >= 4 is 28.1 Å². The third-order valence-electron chi connectivity index (χ3n) is 3.50. The van der Waals surface area contributed by atoms with Crippen molar-refractivity contribution in [3.63, 3.8) is 0 Å². The van der Waals surface area contributed by atoms with Crippen LogP contribution in [0.5, 0.6) is 5.75 Å². The van der Waals surface area contributed by atoms with E-state index < -0.39 is 0 Å². The molecule has 6 heteroatoms. The Morgan fingerprint density at radius 2 is 2.04 bits per heavy atom. The third-order valence-corrected chi connectivity index (χ3v) is 3.99. The van der Waals surface area contributed by atoms with Crippen molar-refractivity contribution < 1.29 is 9.53 Å². The molecule has 2 aromatic carbocycles. The van der Waals surface area contributed by atoms with Crippen molar-refractivity contribution in [2.45, 2.75) is 6.61 Å². The van der Waals surface area contributed by atoms with Gasteiger partial charge in [0.25, 0.3) is 5.91 Å². The molecule has 1 amide bonds. The molecule has 0 saturated carbocycles. The number of aromatic nitrogens is 1. The van der Waals surface area contributed by atoms with Crippen LogP contribution >= 0.6 is 15.9 Å². The Balaban J connectivity index is 1.64. The maximum Gasteiger partial charge on any atom is 0.272 e. The first kappa shape index (κ1) is 17.8. The Hall–Kier alpha value is -2.99. The van der Waals surface area contributed by atoms with E-state index in [1.807, 2.05) is 48.5 Å². The highest BCUT2D eigenvalue weighted by molar-refractivity contribution is 9.10. The lowest BCUT2D eigenvalue weighted by Gasteiger charge is -2.09. The number of carbonyl (C=O) groups excluding carboxylic acids is 1. The molecule has 0 unspecified atom stereocenters. The summed E-state index contributed by atoms with van der Waals surface area (Å²) in [4.78, 5) is 15.9. The highest BCUT2D eigenvalue weighted by atomic mass is 79.9. The molecular formula is C20H16BrN3O2. The molecule has 0 aliphatic heterocycles. The number of para-hydroxylation sites is 1. The van der Waals surface area contributed by atoms with Gasteiger partial charge in [0.1, 0.15) is 12.4 Å². The number of pyridine rings is 1. The van der Waals surface area contributed by atoms with Gasteiger partial charge in [0.2, 0.25) is 0 Å². The van der Waals surface area contributed by atoms with E-state index in [0.717, 1.165) is 15.6 Å². The Bertz CT molecular complexity index is 914. The van der Waals surface area contributed by atoms with Crippen LogP contribution in [-0.4, -0.2) is 17.1 Å². The van der Waals surface area contributed by atoms with Crippen LogP contribution in [-0.2, 0) is 6.61 Å². The number of ether oxygens (including phenoxy) is 1. The highest BCUT2D eigenvalue weighted by Gasteiger charge is 2.04. The number of hydrazone groups is 1. The number of hydrogen-bond acceptors (Lipinski definition) is 4. The van der Waals surface area contributed by atoms with Gasteiger partial charge in [0.15, 0.2) is 0 Å². The molecule has 1 N–H and O–H groups in total. The van der Waals surface area contributed by atoms with Gasteiger partial charge in [0, 0.05) is 22.4 Å². The first-order valence-electron chi connectivity index (χ1n) is 7.92. The minimum atomic E-state index is -0.318. The summed E-state index contributed by atoms with van der Waals surface area (Å²) in [5.41, 5.74) is 4.76. The van der Waals surface area contributed by atoms with Crippen molar-refractivity contribution in [1.29, 1.82) is 0 Å². The maximum atomic E-state index is 12.0. The van der Waals surface area contributed by atoms with E-state index in [1.54, 1.807) is 24.5 Å². The molecule has 0 radical (unpaired) electrons. The quantitative estimate of drug-likeness (QED) is 0.490. The average molecular weight is 410 g/mol. The number of nitrogens with one attached hydrogen (secondary N) is 1. The zero-order chi connectivity index (χ0) is 18.2. The molecule has 5 nitrogen and oxygen atoms in total. The predicted octanol–water partition coefficient (Wildman–Crippen LogP) is 4.19. The van der Waals surface area contributed by atoms with Gasteiger partial charge in [-0.25, -0.2) is 5.43 Å². The molecule has 0 aliphatic rings. The van der Waals surface area contributed by atoms with Crippen molar-refractivity contribution in [2.75, 3.05) is 0 Å². The summed E-state index contributed by atoms with van der Waals surface area (Å²) in [6, 6.07) is 18.8. The molecule has 1 heterocycles. The van der Waals surface area contributed by atoms with Gasteiger partial charge in [-0.3, -0.25) is 9.78 Å². The largest absolute Gasteiger partial charge is 0.488 e. The number of benzene rings is 2. The van der Waals surface area contributed by atoms with Crippen LogP contribution in [0.4, 0.5) is 0 Å². The predicted molar refractivity (Wildman–Crippen MR) is 104 cm³/mol. The van der Waals surface area contributed by atoms with Crippen LogP contribution in [0.15, 0.2) is 82.6 Å². The molecule has 3 aromatic rings. The van der Waals surface area contributed by atoms with Gasteiger partial charge in [-0.05, 0) is 42.0 Å². The fourth-order valence-electron chi connectivity index (χ4n) is 2.23. The topological polar surface area (TPSA) is 63.6 Å². The minimum Gasteiger partial charge on any atom is -0.488 e. The molecule has 130 valence electrons. The maximum absolute atomic E-state index is 12.0. The second kappa shape index (κ2) is 8.92. The lowest BCUT2D eigenvalue weighted by Crippen LogP contribution is -2.17. The van der Waals surface area contributed by atoms with Crippen LogP contribution in [0.25, 0.3) is 0 Å². The number of hydrogen-bond donors (Lipinski definition) is 1. The minimum absolute atomic E-state index is 0.318. The number of carbonyl (C=O) groups is 1. The summed E-state index contributed by atoms with van der Waals surface area (Å²) in [6.45, 7) is 0.437. The zero-order valence-electron chi connectivity index (χ0n) is 13.8. The normalized spacial score (nSPS) is 10.7. The van der Waals surface area contributed by atoms with Crippen molar-refractivity contribution in [1.82, 2.24) is 10.4 Å². The molecular weight excluding hydrogens is 394 g/mol. The summed E-state index contributed by atoms with van der Waals surface area (Å²) in [7, 11) is 0. The van der Waals surface area contributed by atoms with Gasteiger partial charge < -0.3 is 4.74 Å². The number of halogens is 1. The standard InChI is InChI=1S/C20H16BrN3O2/c21-18-8-3-5-15(11-18)14-26-19-9-2-1-6-16(19)13-23-24-20(25)17-7-4-10-22-12-17/h1-13H,14H2,(H,24,25)/b23-13+. The fraction of sp³-hybridized carbons (Fsp3) is 0.0500. The number of rotatable bonds is 6. The lowest BCUT2D eigenvalue weighted by atomic mass is 10.2. The molecule has 0 bridgehead atoms. The molecule has 1 aromatic heterocycles. The third kappa shape index (κ3) is 5.00. The fourth-order valence-corrected chi connectivity index (χ4v) is 2.68. The Morgan fingerprint density at radius 3 is 2.85 bits per heavy atom. The summed E-state index contributed by atoms with van der Waals surface area (Å²) in [5.74, 6) is 0.369.